The van der Waals surface area contributed by atoms with Crippen molar-refractivity contribution in [1.29, 1.82) is 0 Å². The van der Waals surface area contributed by atoms with Gasteiger partial charge in [-0.3, -0.25) is 4.98 Å². The third kappa shape index (κ3) is 3.45. The number of anilines is 1. The molecule has 0 spiro atoms. The molecule has 1 aliphatic heterocycles. The van der Waals surface area contributed by atoms with E-state index in [-0.39, 0.29) is 6.04 Å². The zero-order valence-electron chi connectivity index (χ0n) is 16.0. The second kappa shape index (κ2) is 7.51. The average molecular weight is 426 g/mol. The highest BCUT2D eigenvalue weighted by Gasteiger charge is 2.31. The molecule has 0 bridgehead atoms. The Morgan fingerprint density at radius 3 is 2.90 bits per heavy atom. The van der Waals surface area contributed by atoms with Crippen molar-refractivity contribution in [3.63, 3.8) is 0 Å². The number of rotatable bonds is 4. The molecule has 0 aromatic carbocycles. The highest BCUT2D eigenvalue weighted by Crippen LogP contribution is 2.43. The molecule has 1 saturated heterocycles. The topological polar surface area (TPSA) is 93.7 Å². The van der Waals surface area contributed by atoms with Gasteiger partial charge in [-0.05, 0) is 36.2 Å². The molecule has 0 amide bonds. The van der Waals surface area contributed by atoms with E-state index in [4.69, 9.17) is 27.3 Å². The summed E-state index contributed by atoms with van der Waals surface area (Å²) in [7, 11) is 0. The Bertz CT molecular complexity index is 1130. The number of hydrogen-bond donors (Lipinski definition) is 1. The summed E-state index contributed by atoms with van der Waals surface area (Å²) in [4.78, 5) is 25.8. The lowest BCUT2D eigenvalue weighted by Crippen LogP contribution is -2.28. The van der Waals surface area contributed by atoms with Gasteiger partial charge >= 0.3 is 0 Å². The van der Waals surface area contributed by atoms with E-state index >= 15 is 0 Å². The minimum Gasteiger partial charge on any atom is -0.354 e. The minimum atomic E-state index is 0.162. The van der Waals surface area contributed by atoms with Gasteiger partial charge in [0.2, 0.25) is 0 Å². The van der Waals surface area contributed by atoms with Gasteiger partial charge in [0.1, 0.15) is 11.3 Å². The van der Waals surface area contributed by atoms with Crippen LogP contribution in [0.4, 0.5) is 5.82 Å². The lowest BCUT2D eigenvalue weighted by molar-refractivity contribution is 0.750. The summed E-state index contributed by atoms with van der Waals surface area (Å²) in [6.07, 6.45) is 7.72. The molecule has 2 aliphatic rings. The number of pyridine rings is 1. The van der Waals surface area contributed by atoms with Gasteiger partial charge in [0.25, 0.3) is 0 Å². The van der Waals surface area contributed by atoms with Crippen LogP contribution in [0.15, 0.2) is 40.3 Å². The predicted octanol–water partition coefficient (Wildman–Crippen LogP) is 3.42. The zero-order chi connectivity index (χ0) is 20.0. The Balaban J connectivity index is 1.54. The number of nitrogens with two attached hydrogens (primary N) is 1. The van der Waals surface area contributed by atoms with Gasteiger partial charge in [-0.25, -0.2) is 19.9 Å². The molecule has 0 saturated carbocycles. The number of allylic oxidation sites excluding steroid dienone is 1. The maximum Gasteiger partial charge on any atom is 0.194 e. The molecule has 4 heterocycles. The molecule has 148 valence electrons. The SMILES string of the molecule is CCC1=C(Cl)c2c(nc(Sc3cnc4nccnc4c3)nc2N2CCC(N)C2)C1. The first-order chi connectivity index (χ1) is 14.1. The largest absolute Gasteiger partial charge is 0.354 e. The molecular formula is C20H20ClN7S. The van der Waals surface area contributed by atoms with E-state index in [9.17, 15) is 0 Å². The van der Waals surface area contributed by atoms with Gasteiger partial charge in [-0.2, -0.15) is 0 Å². The Hall–Kier alpha value is -2.29. The molecule has 2 N–H and O–H groups in total. The van der Waals surface area contributed by atoms with Crippen molar-refractivity contribution in [3.8, 4) is 0 Å². The van der Waals surface area contributed by atoms with Gasteiger partial charge in [-0.15, -0.1) is 0 Å². The molecule has 1 aliphatic carbocycles. The van der Waals surface area contributed by atoms with Gasteiger partial charge in [-0.1, -0.05) is 18.5 Å². The normalized spacial score (nSPS) is 18.7. The molecule has 9 heteroatoms. The molecule has 0 radical (unpaired) electrons. The fourth-order valence-electron chi connectivity index (χ4n) is 3.82. The molecular weight excluding hydrogens is 406 g/mol. The van der Waals surface area contributed by atoms with Gasteiger partial charge in [0.05, 0.1) is 16.3 Å². The van der Waals surface area contributed by atoms with E-state index in [2.05, 4.69) is 26.8 Å². The van der Waals surface area contributed by atoms with E-state index in [0.717, 1.165) is 64.9 Å². The third-order valence-electron chi connectivity index (χ3n) is 5.31. The monoisotopic (exact) mass is 425 g/mol. The second-order valence-corrected chi connectivity index (χ2v) is 8.68. The van der Waals surface area contributed by atoms with E-state index in [0.29, 0.717) is 10.8 Å². The summed E-state index contributed by atoms with van der Waals surface area (Å²) < 4.78 is 0. The van der Waals surface area contributed by atoms with Gasteiger partial charge in [0, 0.05) is 49.0 Å². The van der Waals surface area contributed by atoms with Crippen molar-refractivity contribution >= 4 is 45.4 Å². The summed E-state index contributed by atoms with van der Waals surface area (Å²) >= 11 is 8.20. The highest BCUT2D eigenvalue weighted by atomic mass is 35.5. The molecule has 3 aromatic rings. The van der Waals surface area contributed by atoms with Crippen molar-refractivity contribution in [1.82, 2.24) is 24.9 Å². The third-order valence-corrected chi connectivity index (χ3v) is 6.59. The van der Waals surface area contributed by atoms with Crippen LogP contribution < -0.4 is 10.6 Å². The van der Waals surface area contributed by atoms with Crippen LogP contribution in [0, 0.1) is 0 Å². The Morgan fingerprint density at radius 1 is 1.24 bits per heavy atom. The first-order valence-electron chi connectivity index (χ1n) is 9.66. The van der Waals surface area contributed by atoms with Crippen molar-refractivity contribution < 1.29 is 0 Å². The summed E-state index contributed by atoms with van der Waals surface area (Å²) in [5.41, 5.74) is 10.7. The standard InChI is InChI=1S/C20H20ClN7S/c1-2-11-7-14-16(17(11)21)19(28-6-3-12(22)10-28)27-20(26-14)29-13-8-15-18(25-9-13)24-5-4-23-15/h4-5,8-9,12H,2-3,6-7,10,22H2,1H3. The molecule has 1 fully saturated rings. The molecule has 7 nitrogen and oxygen atoms in total. The van der Waals surface area contributed by atoms with Crippen molar-refractivity contribution in [2.45, 2.75) is 42.3 Å². The highest BCUT2D eigenvalue weighted by molar-refractivity contribution is 7.99. The predicted molar refractivity (Wildman–Crippen MR) is 115 cm³/mol. The van der Waals surface area contributed by atoms with E-state index in [1.165, 1.54) is 17.3 Å². The maximum atomic E-state index is 6.72. The Labute approximate surface area is 177 Å². The smallest absolute Gasteiger partial charge is 0.194 e. The maximum absolute atomic E-state index is 6.72. The number of nitrogens with zero attached hydrogens (tertiary/aromatic N) is 6. The summed E-state index contributed by atoms with van der Waals surface area (Å²) in [6, 6.07) is 2.12. The van der Waals surface area contributed by atoms with Crippen LogP contribution in [0.2, 0.25) is 0 Å². The Morgan fingerprint density at radius 2 is 2.10 bits per heavy atom. The minimum absolute atomic E-state index is 0.162. The number of fused-ring (bicyclic) bond motifs is 2. The van der Waals surface area contributed by atoms with Crippen LogP contribution in [0.1, 0.15) is 31.0 Å². The number of hydrogen-bond acceptors (Lipinski definition) is 8. The second-order valence-electron chi connectivity index (χ2n) is 7.27. The van der Waals surface area contributed by atoms with Crippen molar-refractivity contribution in [3.05, 3.63) is 41.5 Å². The van der Waals surface area contributed by atoms with Crippen LogP contribution in [0.5, 0.6) is 0 Å². The van der Waals surface area contributed by atoms with Crippen molar-refractivity contribution in [2.75, 3.05) is 18.0 Å². The summed E-state index contributed by atoms with van der Waals surface area (Å²) in [6.45, 7) is 3.79. The molecule has 29 heavy (non-hydrogen) atoms. The van der Waals surface area contributed by atoms with Crippen LogP contribution in [-0.4, -0.2) is 44.1 Å². The van der Waals surface area contributed by atoms with E-state index < -0.39 is 0 Å². The van der Waals surface area contributed by atoms with E-state index in [1.54, 1.807) is 18.6 Å². The fourth-order valence-corrected chi connectivity index (χ4v) is 4.99. The first kappa shape index (κ1) is 18.7. The Kier molecular flexibility index (Phi) is 4.85. The first-order valence-corrected chi connectivity index (χ1v) is 10.9. The van der Waals surface area contributed by atoms with Gasteiger partial charge in [0.15, 0.2) is 10.8 Å². The molecule has 1 atom stereocenters. The number of aromatic nitrogens is 5. The van der Waals surface area contributed by atoms with Gasteiger partial charge < -0.3 is 10.6 Å². The van der Waals surface area contributed by atoms with Crippen molar-refractivity contribution in [2.24, 2.45) is 5.73 Å². The zero-order valence-corrected chi connectivity index (χ0v) is 17.5. The lowest BCUT2D eigenvalue weighted by atomic mass is 10.2. The van der Waals surface area contributed by atoms with Crippen LogP contribution in [-0.2, 0) is 6.42 Å². The molecule has 3 aromatic heterocycles. The lowest BCUT2D eigenvalue weighted by Gasteiger charge is -2.21. The number of halogens is 1. The summed E-state index contributed by atoms with van der Waals surface area (Å²) in [5.74, 6) is 0.896. The van der Waals surface area contributed by atoms with Crippen LogP contribution in [0.3, 0.4) is 0 Å². The quantitative estimate of drug-likeness (QED) is 0.635. The molecule has 5 rings (SSSR count). The summed E-state index contributed by atoms with van der Waals surface area (Å²) in [5, 5.41) is 1.49. The fraction of sp³-hybridized carbons (Fsp3) is 0.350. The van der Waals surface area contributed by atoms with Crippen LogP contribution in [0.25, 0.3) is 16.2 Å². The van der Waals surface area contributed by atoms with E-state index in [1.807, 2.05) is 6.07 Å². The molecule has 1 unspecified atom stereocenters. The average Bonchev–Trinajstić information content (AvgIpc) is 3.30. The van der Waals surface area contributed by atoms with Crippen LogP contribution >= 0.6 is 23.4 Å².